The van der Waals surface area contributed by atoms with E-state index in [9.17, 15) is 9.59 Å². The SMILES string of the molecule is CCCN(C(=O)c1ccccc1C)C(CC)c1nc2ccccc2c(=O)n1-c1ccc(Cl)cc1C. The maximum Gasteiger partial charge on any atom is 0.266 e. The molecule has 6 heteroatoms. The van der Waals surface area contributed by atoms with Crippen LogP contribution in [0.15, 0.2) is 71.5 Å². The molecule has 35 heavy (non-hydrogen) atoms. The lowest BCUT2D eigenvalue weighted by molar-refractivity contribution is 0.0658. The van der Waals surface area contributed by atoms with Crippen LogP contribution in [-0.4, -0.2) is 26.9 Å². The molecule has 4 aromatic rings. The first-order chi connectivity index (χ1) is 16.9. The lowest BCUT2D eigenvalue weighted by Crippen LogP contribution is -2.39. The Balaban J connectivity index is 1.99. The summed E-state index contributed by atoms with van der Waals surface area (Å²) in [6.07, 6.45) is 1.39. The van der Waals surface area contributed by atoms with Crippen molar-refractivity contribution in [3.8, 4) is 5.69 Å². The monoisotopic (exact) mass is 487 g/mol. The van der Waals surface area contributed by atoms with Gasteiger partial charge in [-0.15, -0.1) is 0 Å². The normalized spacial score (nSPS) is 12.0. The van der Waals surface area contributed by atoms with Gasteiger partial charge in [0.05, 0.1) is 22.6 Å². The summed E-state index contributed by atoms with van der Waals surface area (Å²) in [5, 5.41) is 1.14. The van der Waals surface area contributed by atoms with Crippen molar-refractivity contribution >= 4 is 28.4 Å². The number of aromatic nitrogens is 2. The first-order valence-corrected chi connectivity index (χ1v) is 12.4. The third-order valence-corrected chi connectivity index (χ3v) is 6.60. The lowest BCUT2D eigenvalue weighted by Gasteiger charge is -2.33. The standard InChI is InChI=1S/C29H30ClN3O2/c1-5-17-32(28(34)22-12-8-7-11-19(22)3)25(6-2)27-31-24-14-10-9-13-23(24)29(35)33(27)26-16-15-21(30)18-20(26)4/h7-16,18,25H,5-6,17H2,1-4H3. The van der Waals surface area contributed by atoms with Crippen molar-refractivity contribution in [3.63, 3.8) is 0 Å². The fraction of sp³-hybridized carbons (Fsp3) is 0.276. The van der Waals surface area contributed by atoms with Crippen molar-refractivity contribution in [3.05, 3.63) is 105 Å². The number of aryl methyl sites for hydroxylation is 2. The molecule has 0 bridgehead atoms. The first-order valence-electron chi connectivity index (χ1n) is 12.0. The number of carbonyl (C=O) groups excluding carboxylic acids is 1. The highest BCUT2D eigenvalue weighted by atomic mass is 35.5. The number of nitrogens with zero attached hydrogens (tertiary/aromatic N) is 3. The molecule has 4 rings (SSSR count). The van der Waals surface area contributed by atoms with Gasteiger partial charge in [0.25, 0.3) is 11.5 Å². The predicted molar refractivity (Wildman–Crippen MR) is 143 cm³/mol. The number of carbonyl (C=O) groups is 1. The van der Waals surface area contributed by atoms with Gasteiger partial charge in [-0.2, -0.15) is 0 Å². The van der Waals surface area contributed by atoms with Crippen LogP contribution < -0.4 is 5.56 Å². The van der Waals surface area contributed by atoms with Gasteiger partial charge >= 0.3 is 0 Å². The van der Waals surface area contributed by atoms with Gasteiger partial charge in [-0.25, -0.2) is 4.98 Å². The number of hydrogen-bond donors (Lipinski definition) is 0. The molecule has 0 aliphatic carbocycles. The fourth-order valence-electron chi connectivity index (χ4n) is 4.63. The number of halogens is 1. The van der Waals surface area contributed by atoms with Crippen molar-refractivity contribution in [2.75, 3.05) is 6.54 Å². The molecule has 180 valence electrons. The van der Waals surface area contributed by atoms with Crippen LogP contribution in [0.4, 0.5) is 0 Å². The summed E-state index contributed by atoms with van der Waals surface area (Å²) in [7, 11) is 0. The van der Waals surface area contributed by atoms with Gasteiger partial charge in [0.15, 0.2) is 0 Å². The summed E-state index contributed by atoms with van der Waals surface area (Å²) in [6, 6.07) is 20.0. The zero-order valence-electron chi connectivity index (χ0n) is 20.6. The van der Waals surface area contributed by atoms with Crippen LogP contribution >= 0.6 is 11.6 Å². The topological polar surface area (TPSA) is 55.2 Å². The molecule has 1 aromatic heterocycles. The predicted octanol–water partition coefficient (Wildman–Crippen LogP) is 6.66. The average molecular weight is 488 g/mol. The molecule has 0 saturated carbocycles. The minimum atomic E-state index is -0.394. The number of hydrogen-bond acceptors (Lipinski definition) is 3. The highest BCUT2D eigenvalue weighted by molar-refractivity contribution is 6.30. The first kappa shape index (κ1) is 24.7. The van der Waals surface area contributed by atoms with E-state index >= 15 is 0 Å². The quantitative estimate of drug-likeness (QED) is 0.293. The van der Waals surface area contributed by atoms with Gasteiger partial charge < -0.3 is 4.90 Å². The van der Waals surface area contributed by atoms with Gasteiger partial charge in [-0.1, -0.05) is 55.8 Å². The minimum absolute atomic E-state index is 0.0569. The molecule has 0 fully saturated rings. The third kappa shape index (κ3) is 4.73. The van der Waals surface area contributed by atoms with Crippen LogP contribution in [0.5, 0.6) is 0 Å². The van der Waals surface area contributed by atoms with Gasteiger partial charge in [0.1, 0.15) is 5.82 Å². The van der Waals surface area contributed by atoms with Crippen LogP contribution in [-0.2, 0) is 0 Å². The second kappa shape index (κ2) is 10.4. The van der Waals surface area contributed by atoms with Crippen LogP contribution in [0.25, 0.3) is 16.6 Å². The van der Waals surface area contributed by atoms with E-state index in [-0.39, 0.29) is 11.5 Å². The molecule has 5 nitrogen and oxygen atoms in total. The lowest BCUT2D eigenvalue weighted by atomic mass is 10.0. The summed E-state index contributed by atoms with van der Waals surface area (Å²) in [4.78, 5) is 34.5. The van der Waals surface area contributed by atoms with Crippen LogP contribution in [0.2, 0.25) is 5.02 Å². The summed E-state index contributed by atoms with van der Waals surface area (Å²) >= 11 is 6.23. The number of para-hydroxylation sites is 1. The second-order valence-corrected chi connectivity index (χ2v) is 9.23. The second-order valence-electron chi connectivity index (χ2n) is 8.80. The highest BCUT2D eigenvalue weighted by Crippen LogP contribution is 2.29. The molecule has 0 saturated heterocycles. The Morgan fingerprint density at radius 2 is 1.71 bits per heavy atom. The van der Waals surface area contributed by atoms with Gasteiger partial charge in [0, 0.05) is 17.1 Å². The number of benzene rings is 3. The maximum absolute atomic E-state index is 13.9. The molecule has 1 atom stereocenters. The van der Waals surface area contributed by atoms with Gasteiger partial charge in [-0.05, 0) is 74.2 Å². The zero-order chi connectivity index (χ0) is 25.1. The molecule has 0 aliphatic rings. The summed E-state index contributed by atoms with van der Waals surface area (Å²) in [5.74, 6) is 0.496. The Morgan fingerprint density at radius 1 is 1.00 bits per heavy atom. The van der Waals surface area contributed by atoms with Gasteiger partial charge in [0.2, 0.25) is 0 Å². The Morgan fingerprint density at radius 3 is 2.40 bits per heavy atom. The van der Waals surface area contributed by atoms with Crippen LogP contribution in [0.3, 0.4) is 0 Å². The summed E-state index contributed by atoms with van der Waals surface area (Å²) in [6.45, 7) is 8.50. The Bertz CT molecular complexity index is 1440. The molecular formula is C29H30ClN3O2. The van der Waals surface area contributed by atoms with Crippen molar-refractivity contribution in [2.24, 2.45) is 0 Å². The van der Waals surface area contributed by atoms with E-state index in [2.05, 4.69) is 6.92 Å². The van der Waals surface area contributed by atoms with Crippen molar-refractivity contribution in [1.29, 1.82) is 0 Å². The Kier molecular flexibility index (Phi) is 7.37. The molecule has 0 radical (unpaired) electrons. The van der Waals surface area contributed by atoms with Crippen molar-refractivity contribution in [2.45, 2.75) is 46.6 Å². The van der Waals surface area contributed by atoms with E-state index in [4.69, 9.17) is 16.6 Å². The van der Waals surface area contributed by atoms with Crippen LogP contribution in [0.1, 0.15) is 60.0 Å². The molecule has 1 amide bonds. The number of fused-ring (bicyclic) bond motifs is 1. The maximum atomic E-state index is 13.9. The van der Waals surface area contributed by atoms with Gasteiger partial charge in [-0.3, -0.25) is 14.2 Å². The molecule has 0 N–H and O–H groups in total. The Hall–Kier alpha value is -3.44. The highest BCUT2D eigenvalue weighted by Gasteiger charge is 2.30. The smallest absolute Gasteiger partial charge is 0.266 e. The Labute approximate surface area is 211 Å². The third-order valence-electron chi connectivity index (χ3n) is 6.36. The molecule has 3 aromatic carbocycles. The largest absolute Gasteiger partial charge is 0.328 e. The number of rotatable bonds is 7. The molecule has 0 spiro atoms. The van der Waals surface area contributed by atoms with E-state index < -0.39 is 6.04 Å². The fourth-order valence-corrected chi connectivity index (χ4v) is 4.85. The van der Waals surface area contributed by atoms with Crippen molar-refractivity contribution in [1.82, 2.24) is 14.5 Å². The van der Waals surface area contributed by atoms with E-state index in [0.29, 0.717) is 46.0 Å². The van der Waals surface area contributed by atoms with E-state index in [1.54, 1.807) is 16.7 Å². The van der Waals surface area contributed by atoms with E-state index in [1.165, 1.54) is 0 Å². The molecular weight excluding hydrogens is 458 g/mol. The molecule has 1 heterocycles. The van der Waals surface area contributed by atoms with E-state index in [1.807, 2.05) is 80.3 Å². The molecule has 1 unspecified atom stereocenters. The summed E-state index contributed by atoms with van der Waals surface area (Å²) in [5.41, 5.74) is 3.62. The average Bonchev–Trinajstić information content (AvgIpc) is 2.85. The van der Waals surface area contributed by atoms with E-state index in [0.717, 1.165) is 17.5 Å². The van der Waals surface area contributed by atoms with Crippen LogP contribution in [0, 0.1) is 13.8 Å². The zero-order valence-corrected chi connectivity index (χ0v) is 21.3. The number of amides is 1. The van der Waals surface area contributed by atoms with Crippen molar-refractivity contribution < 1.29 is 4.79 Å². The summed E-state index contributed by atoms with van der Waals surface area (Å²) < 4.78 is 1.66. The molecule has 0 aliphatic heterocycles. The minimum Gasteiger partial charge on any atom is -0.328 e.